The number of fused-ring (bicyclic) bond motifs is 1. The molecule has 1 fully saturated rings. The highest BCUT2D eigenvalue weighted by Gasteiger charge is 2.38. The monoisotopic (exact) mass is 303 g/mol. The van der Waals surface area contributed by atoms with Gasteiger partial charge < -0.3 is 20.1 Å². The summed E-state index contributed by atoms with van der Waals surface area (Å²) in [5, 5.41) is 18.7. The molecule has 1 amide bonds. The molecule has 0 bridgehead atoms. The molecule has 3 rings (SSSR count). The molecule has 1 aliphatic rings. The number of nitrogens with zero attached hydrogens (tertiary/aromatic N) is 2. The number of rotatable bonds is 3. The third kappa shape index (κ3) is 2.67. The molecule has 1 saturated heterocycles. The summed E-state index contributed by atoms with van der Waals surface area (Å²) in [5.74, 6) is -0.573. The second-order valence-corrected chi connectivity index (χ2v) is 5.64. The van der Waals surface area contributed by atoms with Crippen LogP contribution in [0.2, 0.25) is 0 Å². The van der Waals surface area contributed by atoms with Crippen LogP contribution in [0.5, 0.6) is 0 Å². The van der Waals surface area contributed by atoms with Gasteiger partial charge in [0.2, 0.25) is 5.91 Å². The SMILES string of the molecule is Cc1nc2ccc(CC(=O)N3C[C@H](O)C[C@H]3C(=O)O)cc2[nH]1. The predicted octanol–water partition coefficient (Wildman–Crippen LogP) is 0.460. The molecular weight excluding hydrogens is 286 g/mol. The van der Waals surface area contributed by atoms with E-state index in [0.717, 1.165) is 22.4 Å². The van der Waals surface area contributed by atoms with E-state index in [9.17, 15) is 14.7 Å². The number of carbonyl (C=O) groups excluding carboxylic acids is 1. The van der Waals surface area contributed by atoms with Crippen molar-refractivity contribution in [2.24, 2.45) is 0 Å². The first-order valence-corrected chi connectivity index (χ1v) is 7.09. The Morgan fingerprint density at radius 1 is 1.45 bits per heavy atom. The number of likely N-dealkylation sites (tertiary alicyclic amines) is 1. The summed E-state index contributed by atoms with van der Waals surface area (Å²) < 4.78 is 0. The highest BCUT2D eigenvalue weighted by Crippen LogP contribution is 2.20. The first kappa shape index (κ1) is 14.5. The highest BCUT2D eigenvalue weighted by molar-refractivity contribution is 5.86. The predicted molar refractivity (Wildman–Crippen MR) is 78.3 cm³/mol. The number of aliphatic hydroxyl groups is 1. The number of nitrogens with one attached hydrogen (secondary N) is 1. The molecule has 7 nitrogen and oxygen atoms in total. The number of carbonyl (C=O) groups is 2. The van der Waals surface area contributed by atoms with Crippen LogP contribution in [0.3, 0.4) is 0 Å². The second-order valence-electron chi connectivity index (χ2n) is 5.64. The maximum absolute atomic E-state index is 12.3. The summed E-state index contributed by atoms with van der Waals surface area (Å²) in [5.41, 5.74) is 2.46. The van der Waals surface area contributed by atoms with Crippen molar-refractivity contribution in [1.82, 2.24) is 14.9 Å². The first-order chi connectivity index (χ1) is 10.4. The van der Waals surface area contributed by atoms with Crippen molar-refractivity contribution < 1.29 is 19.8 Å². The maximum atomic E-state index is 12.3. The van der Waals surface area contributed by atoms with E-state index in [1.807, 2.05) is 25.1 Å². The molecule has 22 heavy (non-hydrogen) atoms. The van der Waals surface area contributed by atoms with E-state index in [4.69, 9.17) is 5.11 Å². The number of carboxylic acid groups (broad SMARTS) is 1. The van der Waals surface area contributed by atoms with Crippen LogP contribution < -0.4 is 0 Å². The number of benzene rings is 1. The molecule has 1 aliphatic heterocycles. The molecule has 0 unspecified atom stereocenters. The van der Waals surface area contributed by atoms with Crippen LogP contribution in [0.25, 0.3) is 11.0 Å². The van der Waals surface area contributed by atoms with Gasteiger partial charge in [-0.3, -0.25) is 4.79 Å². The number of H-pyrrole nitrogens is 1. The lowest BCUT2D eigenvalue weighted by Gasteiger charge is -2.21. The number of hydrogen-bond donors (Lipinski definition) is 3. The summed E-state index contributed by atoms with van der Waals surface area (Å²) in [6, 6.07) is 4.54. The summed E-state index contributed by atoms with van der Waals surface area (Å²) in [6.07, 6.45) is -0.590. The number of aromatic nitrogens is 2. The first-order valence-electron chi connectivity index (χ1n) is 7.09. The highest BCUT2D eigenvalue weighted by atomic mass is 16.4. The van der Waals surface area contributed by atoms with Gasteiger partial charge in [-0.15, -0.1) is 0 Å². The van der Waals surface area contributed by atoms with Gasteiger partial charge in [0.1, 0.15) is 11.9 Å². The van der Waals surface area contributed by atoms with Crippen LogP contribution >= 0.6 is 0 Å². The molecule has 3 N–H and O–H groups in total. The minimum atomic E-state index is -1.08. The Bertz CT molecular complexity index is 739. The Kier molecular flexibility index (Phi) is 3.58. The van der Waals surface area contributed by atoms with Crippen molar-refractivity contribution in [1.29, 1.82) is 0 Å². The number of hydrogen-bond acceptors (Lipinski definition) is 4. The molecule has 0 radical (unpaired) electrons. The van der Waals surface area contributed by atoms with Crippen molar-refractivity contribution in [3.05, 3.63) is 29.6 Å². The number of aliphatic hydroxyl groups excluding tert-OH is 1. The lowest BCUT2D eigenvalue weighted by Crippen LogP contribution is -2.41. The van der Waals surface area contributed by atoms with E-state index in [0.29, 0.717) is 0 Å². The van der Waals surface area contributed by atoms with Gasteiger partial charge in [0.05, 0.1) is 23.6 Å². The standard InChI is InChI=1S/C15H17N3O4/c1-8-16-11-3-2-9(4-12(11)17-8)5-14(20)18-7-10(19)6-13(18)15(21)22/h2-4,10,13,19H,5-7H2,1H3,(H,16,17)(H,21,22)/t10-,13+/m1/s1. The fraction of sp³-hybridized carbons (Fsp3) is 0.400. The van der Waals surface area contributed by atoms with Gasteiger partial charge in [0, 0.05) is 13.0 Å². The van der Waals surface area contributed by atoms with Crippen LogP contribution in [0, 0.1) is 6.92 Å². The van der Waals surface area contributed by atoms with E-state index in [1.165, 1.54) is 4.90 Å². The van der Waals surface area contributed by atoms with E-state index in [-0.39, 0.29) is 25.3 Å². The van der Waals surface area contributed by atoms with Crippen molar-refractivity contribution in [3.63, 3.8) is 0 Å². The minimum Gasteiger partial charge on any atom is -0.480 e. The largest absolute Gasteiger partial charge is 0.480 e. The zero-order chi connectivity index (χ0) is 15.9. The summed E-state index contributed by atoms with van der Waals surface area (Å²) >= 11 is 0. The third-order valence-electron chi connectivity index (χ3n) is 3.90. The smallest absolute Gasteiger partial charge is 0.326 e. The number of aryl methyl sites for hydroxylation is 1. The van der Waals surface area contributed by atoms with E-state index < -0.39 is 18.1 Å². The molecule has 0 saturated carbocycles. The molecule has 7 heteroatoms. The lowest BCUT2D eigenvalue weighted by atomic mass is 10.1. The molecule has 2 atom stereocenters. The average Bonchev–Trinajstić information content (AvgIpc) is 3.00. The van der Waals surface area contributed by atoms with Crippen molar-refractivity contribution in [2.45, 2.75) is 31.9 Å². The average molecular weight is 303 g/mol. The van der Waals surface area contributed by atoms with E-state index >= 15 is 0 Å². The van der Waals surface area contributed by atoms with Gasteiger partial charge in [-0.1, -0.05) is 6.07 Å². The van der Waals surface area contributed by atoms with Gasteiger partial charge in [0.25, 0.3) is 0 Å². The molecule has 2 heterocycles. The fourth-order valence-electron chi connectivity index (χ4n) is 2.89. The summed E-state index contributed by atoms with van der Waals surface area (Å²) in [7, 11) is 0. The lowest BCUT2D eigenvalue weighted by molar-refractivity contribution is -0.148. The van der Waals surface area contributed by atoms with Crippen LogP contribution in [0.15, 0.2) is 18.2 Å². The normalized spacial score (nSPS) is 21.5. The van der Waals surface area contributed by atoms with Crippen LogP contribution in [-0.4, -0.2) is 55.6 Å². The Labute approximate surface area is 126 Å². The molecule has 2 aromatic rings. The molecule has 116 valence electrons. The van der Waals surface area contributed by atoms with Crippen molar-refractivity contribution in [3.8, 4) is 0 Å². The number of carboxylic acids is 1. The number of imidazole rings is 1. The zero-order valence-corrected chi connectivity index (χ0v) is 12.1. The van der Waals surface area contributed by atoms with E-state index in [1.54, 1.807) is 0 Å². The second kappa shape index (κ2) is 5.42. The Hall–Kier alpha value is -2.41. The fourth-order valence-corrected chi connectivity index (χ4v) is 2.89. The van der Waals surface area contributed by atoms with Gasteiger partial charge in [-0.05, 0) is 24.6 Å². The Balaban J connectivity index is 1.78. The van der Waals surface area contributed by atoms with Crippen molar-refractivity contribution >= 4 is 22.9 Å². The van der Waals surface area contributed by atoms with Crippen molar-refractivity contribution in [2.75, 3.05) is 6.54 Å². The zero-order valence-electron chi connectivity index (χ0n) is 12.1. The topological polar surface area (TPSA) is 107 Å². The minimum absolute atomic E-state index is 0.0706. The number of amides is 1. The number of aliphatic carboxylic acids is 1. The Morgan fingerprint density at radius 3 is 2.95 bits per heavy atom. The maximum Gasteiger partial charge on any atom is 0.326 e. The molecule has 1 aromatic carbocycles. The number of aromatic amines is 1. The van der Waals surface area contributed by atoms with Gasteiger partial charge in [-0.2, -0.15) is 0 Å². The molecular formula is C15H17N3O4. The molecule has 0 aliphatic carbocycles. The molecule has 0 spiro atoms. The van der Waals surface area contributed by atoms with E-state index in [2.05, 4.69) is 9.97 Å². The number of β-amino-alcohol motifs (C(OH)–C–C–N with tert-alkyl or cyclic N) is 1. The molecule has 1 aromatic heterocycles. The Morgan fingerprint density at radius 2 is 2.23 bits per heavy atom. The third-order valence-corrected chi connectivity index (χ3v) is 3.90. The van der Waals surface area contributed by atoms with Crippen LogP contribution in [0.4, 0.5) is 0 Å². The quantitative estimate of drug-likeness (QED) is 0.763. The van der Waals surface area contributed by atoms with Crippen LogP contribution in [0.1, 0.15) is 17.8 Å². The van der Waals surface area contributed by atoms with Gasteiger partial charge in [-0.25, -0.2) is 9.78 Å². The van der Waals surface area contributed by atoms with Gasteiger partial charge in [0.15, 0.2) is 0 Å². The van der Waals surface area contributed by atoms with Crippen LogP contribution in [-0.2, 0) is 16.0 Å². The summed E-state index contributed by atoms with van der Waals surface area (Å²) in [4.78, 5) is 32.2. The summed E-state index contributed by atoms with van der Waals surface area (Å²) in [6.45, 7) is 1.93. The van der Waals surface area contributed by atoms with Gasteiger partial charge >= 0.3 is 5.97 Å².